The van der Waals surface area contributed by atoms with Crippen LogP contribution in [0.25, 0.3) is 0 Å². The molecule has 6 N–H and O–H groups in total. The third-order valence-corrected chi connectivity index (χ3v) is 6.29. The van der Waals surface area contributed by atoms with Crippen molar-refractivity contribution in [3.05, 3.63) is 0 Å². The van der Waals surface area contributed by atoms with Gasteiger partial charge >= 0.3 is 15.2 Å². The molecule has 2 saturated heterocycles. The number of hydrogen-bond acceptors (Lipinski definition) is 10. The fourth-order valence-corrected chi connectivity index (χ4v) is 6.02. The molecule has 0 amide bonds. The molecule has 2 aliphatic rings. The van der Waals surface area contributed by atoms with Crippen LogP contribution >= 0.6 is 0 Å². The van der Waals surface area contributed by atoms with Gasteiger partial charge in [-0.1, -0.05) is 0 Å². The van der Waals surface area contributed by atoms with Gasteiger partial charge in [0.15, 0.2) is 0 Å². The van der Waals surface area contributed by atoms with Crippen molar-refractivity contribution in [1.82, 2.24) is 25.6 Å². The molecule has 2 aliphatic heterocycles. The van der Waals surface area contributed by atoms with Crippen LogP contribution in [0, 0.1) is 0 Å². The van der Waals surface area contributed by atoms with Gasteiger partial charge in [-0.05, 0) is 81.1 Å². The summed E-state index contributed by atoms with van der Waals surface area (Å²) in [6, 6.07) is 0.348. The lowest BCUT2D eigenvalue weighted by atomic mass is 9.79. The second kappa shape index (κ2) is 9.20. The van der Waals surface area contributed by atoms with Gasteiger partial charge < -0.3 is 36.0 Å². The lowest BCUT2D eigenvalue weighted by Gasteiger charge is -2.47. The summed E-state index contributed by atoms with van der Waals surface area (Å²) in [7, 11) is -0.777. The summed E-state index contributed by atoms with van der Waals surface area (Å²) in [5.74, 6) is 1.13. The first-order valence-electron chi connectivity index (χ1n) is 12.0. The van der Waals surface area contributed by atoms with E-state index < -0.39 is 0 Å². The largest absolute Gasteiger partial charge is 0.436 e. The zero-order valence-corrected chi connectivity index (χ0v) is 21.6. The molecular formula is C21H42B2N8O2. The summed E-state index contributed by atoms with van der Waals surface area (Å²) in [5.41, 5.74) is -0.0919. The zero-order valence-electron chi connectivity index (χ0n) is 21.6. The number of nitrogens with one attached hydrogen (secondary N) is 4. The lowest BCUT2D eigenvalue weighted by Crippen LogP contribution is -2.60. The van der Waals surface area contributed by atoms with Gasteiger partial charge in [-0.2, -0.15) is 15.0 Å². The number of hydrogen-bond donors (Lipinski definition) is 6. The van der Waals surface area contributed by atoms with Crippen LogP contribution in [0.3, 0.4) is 0 Å². The highest BCUT2D eigenvalue weighted by atomic mass is 16.2. The van der Waals surface area contributed by atoms with E-state index in [9.17, 15) is 10.0 Å². The van der Waals surface area contributed by atoms with E-state index in [0.717, 1.165) is 25.7 Å². The van der Waals surface area contributed by atoms with Gasteiger partial charge in [0.25, 0.3) is 0 Å². The second-order valence-electron chi connectivity index (χ2n) is 12.4. The average molecular weight is 460 g/mol. The van der Waals surface area contributed by atoms with Crippen molar-refractivity contribution in [3.8, 4) is 0 Å². The summed E-state index contributed by atoms with van der Waals surface area (Å²) in [6.45, 7) is 17.6. The predicted molar refractivity (Wildman–Crippen MR) is 137 cm³/mol. The topological polar surface area (TPSA) is 130 Å². The fraction of sp³-hybridized carbons (Fsp3) is 0.857. The normalized spacial score (nSPS) is 24.1. The standard InChI is InChI=1S/C21H42B2N8O2/c1-18(2)9-13(10-19(3,4)29-18)24-15-26-16(28-17(27-15)31(22-32)23-33)25-14-11-20(5,6)30-21(7,8)12-14/h13-14,22-23,29-30,32-33H,9-12H2,1-8H3,(H2,24,25,26,27,28). The van der Waals surface area contributed by atoms with Crippen LogP contribution in [0.5, 0.6) is 0 Å². The Morgan fingerprint density at radius 1 is 0.697 bits per heavy atom. The molecule has 3 rings (SSSR count). The third kappa shape index (κ3) is 7.18. The van der Waals surface area contributed by atoms with E-state index in [-0.39, 0.29) is 55.4 Å². The molecule has 0 radical (unpaired) electrons. The highest BCUT2D eigenvalue weighted by Gasteiger charge is 2.39. The molecule has 184 valence electrons. The molecule has 0 bridgehead atoms. The maximum Gasteiger partial charge on any atom is 0.385 e. The Morgan fingerprint density at radius 3 is 1.33 bits per heavy atom. The van der Waals surface area contributed by atoms with Crippen LogP contribution in [0.4, 0.5) is 17.8 Å². The average Bonchev–Trinajstić information content (AvgIpc) is 2.56. The lowest BCUT2D eigenvalue weighted by molar-refractivity contribution is 0.170. The van der Waals surface area contributed by atoms with Crippen molar-refractivity contribution in [1.29, 1.82) is 0 Å². The highest BCUT2D eigenvalue weighted by molar-refractivity contribution is 6.55. The molecule has 0 spiro atoms. The summed E-state index contributed by atoms with van der Waals surface area (Å²) in [4.78, 5) is 13.7. The van der Waals surface area contributed by atoms with Gasteiger partial charge in [0, 0.05) is 34.2 Å². The molecule has 1 aromatic rings. The van der Waals surface area contributed by atoms with Crippen molar-refractivity contribution in [3.63, 3.8) is 0 Å². The van der Waals surface area contributed by atoms with E-state index >= 15 is 0 Å². The molecule has 33 heavy (non-hydrogen) atoms. The molecule has 0 atom stereocenters. The Morgan fingerprint density at radius 2 is 1.03 bits per heavy atom. The van der Waals surface area contributed by atoms with Crippen LogP contribution in [0.15, 0.2) is 0 Å². The first-order chi connectivity index (χ1) is 15.1. The van der Waals surface area contributed by atoms with Crippen LogP contribution in [0.2, 0.25) is 0 Å². The van der Waals surface area contributed by atoms with E-state index in [2.05, 4.69) is 91.6 Å². The van der Waals surface area contributed by atoms with E-state index in [0.29, 0.717) is 11.9 Å². The SMILES string of the molecule is CC1(C)CC(Nc2nc(NC3CC(C)(C)NC(C)(C)C3)nc(N(BO)BO)n2)CC(C)(C)N1. The number of piperidine rings is 2. The van der Waals surface area contributed by atoms with Crippen molar-refractivity contribution in [2.24, 2.45) is 0 Å². The summed E-state index contributed by atoms with van der Waals surface area (Å²) < 4.78 is 1.30. The van der Waals surface area contributed by atoms with Gasteiger partial charge in [-0.3, -0.25) is 0 Å². The first kappa shape index (κ1) is 26.0. The Labute approximate surface area is 199 Å². The maximum atomic E-state index is 9.69. The van der Waals surface area contributed by atoms with Crippen molar-refractivity contribution >= 4 is 33.1 Å². The molecule has 3 heterocycles. The number of rotatable bonds is 7. The Bertz CT molecular complexity index is 742. The molecule has 10 nitrogen and oxygen atoms in total. The van der Waals surface area contributed by atoms with E-state index in [4.69, 9.17) is 0 Å². The van der Waals surface area contributed by atoms with Gasteiger partial charge in [0.05, 0.1) is 0 Å². The Kier molecular flexibility index (Phi) is 7.25. The third-order valence-electron chi connectivity index (χ3n) is 6.29. The van der Waals surface area contributed by atoms with Crippen LogP contribution in [-0.4, -0.2) is 74.5 Å². The summed E-state index contributed by atoms with van der Waals surface area (Å²) in [5, 5.41) is 33.8. The molecular weight excluding hydrogens is 418 g/mol. The number of aromatic nitrogens is 3. The van der Waals surface area contributed by atoms with Gasteiger partial charge in [-0.25, -0.2) is 0 Å². The zero-order chi connectivity index (χ0) is 24.7. The van der Waals surface area contributed by atoms with Crippen molar-refractivity contribution in [2.75, 3.05) is 15.4 Å². The molecule has 1 aromatic heterocycles. The summed E-state index contributed by atoms with van der Waals surface area (Å²) in [6.07, 6.45) is 3.67. The fourth-order valence-electron chi connectivity index (χ4n) is 6.02. The Hall–Kier alpha value is -1.62. The second-order valence-corrected chi connectivity index (χ2v) is 12.4. The molecule has 0 saturated carbocycles. The molecule has 2 fully saturated rings. The Balaban J connectivity index is 1.87. The molecule has 12 heteroatoms. The molecule has 0 aromatic carbocycles. The first-order valence-corrected chi connectivity index (χ1v) is 12.0. The monoisotopic (exact) mass is 460 g/mol. The van der Waals surface area contributed by atoms with E-state index in [1.807, 2.05) is 0 Å². The van der Waals surface area contributed by atoms with Gasteiger partial charge in [0.1, 0.15) is 0 Å². The highest BCUT2D eigenvalue weighted by Crippen LogP contribution is 2.32. The smallest absolute Gasteiger partial charge is 0.385 e. The van der Waals surface area contributed by atoms with Gasteiger partial charge in [-0.15, -0.1) is 0 Å². The minimum Gasteiger partial charge on any atom is -0.436 e. The predicted octanol–water partition coefficient (Wildman–Crippen LogP) is 0.638. The van der Waals surface area contributed by atoms with Crippen molar-refractivity contribution < 1.29 is 10.0 Å². The number of nitrogens with zero attached hydrogens (tertiary/aromatic N) is 4. The van der Waals surface area contributed by atoms with Crippen LogP contribution in [-0.2, 0) is 0 Å². The van der Waals surface area contributed by atoms with E-state index in [1.165, 1.54) is 4.72 Å². The van der Waals surface area contributed by atoms with E-state index in [1.54, 1.807) is 0 Å². The molecule has 0 aliphatic carbocycles. The summed E-state index contributed by atoms with van der Waals surface area (Å²) >= 11 is 0. The van der Waals surface area contributed by atoms with Crippen LogP contribution < -0.4 is 26.0 Å². The minimum atomic E-state index is -0.389. The maximum absolute atomic E-state index is 9.69. The van der Waals surface area contributed by atoms with Crippen molar-refractivity contribution in [2.45, 2.75) is 115 Å². The minimum absolute atomic E-state index is 0.0230. The quantitative estimate of drug-likeness (QED) is 0.323. The molecule has 0 unspecified atom stereocenters. The van der Waals surface area contributed by atoms with Crippen LogP contribution in [0.1, 0.15) is 81.1 Å². The van der Waals surface area contributed by atoms with Gasteiger partial charge in [0.2, 0.25) is 17.8 Å². The number of anilines is 3.